The van der Waals surface area contributed by atoms with E-state index in [-0.39, 0.29) is 11.0 Å². The van der Waals surface area contributed by atoms with Gasteiger partial charge in [0.05, 0.1) is 5.56 Å². The second kappa shape index (κ2) is 3.40. The molecule has 1 amide bonds. The summed E-state index contributed by atoms with van der Waals surface area (Å²) in [5.74, 6) is -1.27. The van der Waals surface area contributed by atoms with Crippen LogP contribution in [0.25, 0.3) is 0 Å². The van der Waals surface area contributed by atoms with Gasteiger partial charge in [-0.1, -0.05) is 32.9 Å². The Morgan fingerprint density at radius 1 is 1.36 bits per heavy atom. The second-order valence-corrected chi connectivity index (χ2v) is 4.28. The van der Waals surface area contributed by atoms with E-state index in [1.54, 1.807) is 12.1 Å². The van der Waals surface area contributed by atoms with E-state index in [1.165, 1.54) is 6.07 Å². The molecular weight excluding hydrogens is 181 g/mol. The van der Waals surface area contributed by atoms with Crippen molar-refractivity contribution in [1.29, 1.82) is 0 Å². The highest BCUT2D eigenvalue weighted by molar-refractivity contribution is 5.95. The van der Waals surface area contributed by atoms with Gasteiger partial charge in [0.15, 0.2) is 0 Å². The van der Waals surface area contributed by atoms with Crippen molar-refractivity contribution in [3.63, 3.8) is 0 Å². The van der Waals surface area contributed by atoms with Crippen LogP contribution in [0.3, 0.4) is 0 Å². The minimum atomic E-state index is -0.715. The van der Waals surface area contributed by atoms with Crippen molar-refractivity contribution in [3.05, 3.63) is 35.1 Å². The zero-order chi connectivity index (χ0) is 10.9. The number of hydrogen-bond acceptors (Lipinski definition) is 1. The highest BCUT2D eigenvalue weighted by Gasteiger charge is 2.22. The van der Waals surface area contributed by atoms with Crippen molar-refractivity contribution in [2.75, 3.05) is 0 Å². The topological polar surface area (TPSA) is 43.1 Å². The molecule has 0 bridgehead atoms. The molecule has 0 radical (unpaired) electrons. The lowest BCUT2D eigenvalue weighted by atomic mass is 9.83. The summed E-state index contributed by atoms with van der Waals surface area (Å²) in [7, 11) is 0. The molecule has 0 atom stereocenters. The molecule has 0 saturated heterocycles. The Kier molecular flexibility index (Phi) is 2.60. The summed E-state index contributed by atoms with van der Waals surface area (Å²) in [5, 5.41) is 0. The molecule has 0 aliphatic carbocycles. The second-order valence-electron chi connectivity index (χ2n) is 4.28. The maximum atomic E-state index is 13.3. The van der Waals surface area contributed by atoms with Crippen LogP contribution in [0.5, 0.6) is 0 Å². The van der Waals surface area contributed by atoms with Gasteiger partial charge in [0.2, 0.25) is 0 Å². The van der Waals surface area contributed by atoms with Crippen LogP contribution in [0.4, 0.5) is 4.39 Å². The fourth-order valence-corrected chi connectivity index (χ4v) is 1.40. The molecule has 1 rings (SSSR count). The quantitative estimate of drug-likeness (QED) is 0.733. The van der Waals surface area contributed by atoms with Gasteiger partial charge in [0.1, 0.15) is 5.82 Å². The highest BCUT2D eigenvalue weighted by Crippen LogP contribution is 2.26. The third kappa shape index (κ3) is 1.92. The van der Waals surface area contributed by atoms with E-state index in [0.29, 0.717) is 5.56 Å². The number of carbonyl (C=O) groups is 1. The van der Waals surface area contributed by atoms with Crippen molar-refractivity contribution in [1.82, 2.24) is 0 Å². The summed E-state index contributed by atoms with van der Waals surface area (Å²) in [5.41, 5.74) is 5.49. The summed E-state index contributed by atoms with van der Waals surface area (Å²) >= 11 is 0. The number of rotatable bonds is 1. The van der Waals surface area contributed by atoms with Gasteiger partial charge in [-0.05, 0) is 17.0 Å². The molecule has 76 valence electrons. The molecule has 0 aliphatic heterocycles. The van der Waals surface area contributed by atoms with Crippen LogP contribution < -0.4 is 5.73 Å². The van der Waals surface area contributed by atoms with Gasteiger partial charge in [-0.3, -0.25) is 4.79 Å². The monoisotopic (exact) mass is 195 g/mol. The molecule has 0 aromatic heterocycles. The van der Waals surface area contributed by atoms with Crippen LogP contribution in [0.1, 0.15) is 36.7 Å². The Bertz CT molecular complexity index is 366. The first-order valence-corrected chi connectivity index (χ1v) is 4.43. The number of primary amides is 1. The molecule has 14 heavy (non-hydrogen) atoms. The third-order valence-corrected chi connectivity index (χ3v) is 2.07. The predicted molar refractivity (Wildman–Crippen MR) is 53.6 cm³/mol. The smallest absolute Gasteiger partial charge is 0.251 e. The van der Waals surface area contributed by atoms with E-state index in [2.05, 4.69) is 0 Å². The molecule has 1 aromatic rings. The molecule has 0 spiro atoms. The maximum absolute atomic E-state index is 13.3. The predicted octanol–water partition coefficient (Wildman–Crippen LogP) is 2.22. The third-order valence-electron chi connectivity index (χ3n) is 2.07. The van der Waals surface area contributed by atoms with Gasteiger partial charge in [-0.25, -0.2) is 4.39 Å². The first-order valence-electron chi connectivity index (χ1n) is 4.43. The number of nitrogens with two attached hydrogens (primary N) is 1. The van der Waals surface area contributed by atoms with Crippen molar-refractivity contribution in [2.24, 2.45) is 5.73 Å². The maximum Gasteiger partial charge on any atom is 0.251 e. The van der Waals surface area contributed by atoms with Gasteiger partial charge >= 0.3 is 0 Å². The molecule has 2 N–H and O–H groups in total. The van der Waals surface area contributed by atoms with E-state index < -0.39 is 11.7 Å². The molecule has 2 nitrogen and oxygen atoms in total. The Balaban J connectivity index is 3.44. The zero-order valence-corrected chi connectivity index (χ0v) is 8.60. The lowest BCUT2D eigenvalue weighted by Crippen LogP contribution is -2.22. The Hall–Kier alpha value is -1.38. The fraction of sp³-hybridized carbons (Fsp3) is 0.364. The van der Waals surface area contributed by atoms with Crippen LogP contribution in [0, 0.1) is 5.82 Å². The molecule has 0 unspecified atom stereocenters. The van der Waals surface area contributed by atoms with Gasteiger partial charge in [-0.2, -0.15) is 0 Å². The zero-order valence-electron chi connectivity index (χ0n) is 8.60. The summed E-state index contributed by atoms with van der Waals surface area (Å²) < 4.78 is 13.3. The lowest BCUT2D eigenvalue weighted by Gasteiger charge is -2.21. The summed E-state index contributed by atoms with van der Waals surface area (Å²) in [6.07, 6.45) is 0. The molecule has 0 aliphatic rings. The van der Waals surface area contributed by atoms with Crippen LogP contribution in [0.15, 0.2) is 18.2 Å². The lowest BCUT2D eigenvalue weighted by molar-refractivity contribution is 0.0994. The Morgan fingerprint density at radius 2 is 1.93 bits per heavy atom. The molecule has 1 aromatic carbocycles. The number of hydrogen-bond donors (Lipinski definition) is 1. The fourth-order valence-electron chi connectivity index (χ4n) is 1.40. The number of halogens is 1. The SMILES string of the molecule is CC(C)(C)c1cccc(F)c1C(N)=O. The van der Waals surface area contributed by atoms with Crippen molar-refractivity contribution < 1.29 is 9.18 Å². The normalized spacial score (nSPS) is 11.4. The highest BCUT2D eigenvalue weighted by atomic mass is 19.1. The Labute approximate surface area is 82.9 Å². The van der Waals surface area contributed by atoms with E-state index in [9.17, 15) is 9.18 Å². The molecular formula is C11H14FNO. The Morgan fingerprint density at radius 3 is 2.29 bits per heavy atom. The standard InChI is InChI=1S/C11H14FNO/c1-11(2,3)7-5-4-6-8(12)9(7)10(13)14/h4-6H,1-3H3,(H2,13,14). The summed E-state index contributed by atoms with van der Waals surface area (Å²) in [4.78, 5) is 11.1. The van der Waals surface area contributed by atoms with E-state index in [1.807, 2.05) is 20.8 Å². The average molecular weight is 195 g/mol. The first kappa shape index (κ1) is 10.7. The molecule has 0 saturated carbocycles. The van der Waals surface area contributed by atoms with Crippen molar-refractivity contribution in [2.45, 2.75) is 26.2 Å². The molecule has 3 heteroatoms. The summed E-state index contributed by atoms with van der Waals surface area (Å²) in [6, 6.07) is 4.56. The first-order chi connectivity index (χ1) is 6.34. The average Bonchev–Trinajstić information content (AvgIpc) is 2.01. The molecule has 0 heterocycles. The van der Waals surface area contributed by atoms with Gasteiger partial charge in [0.25, 0.3) is 5.91 Å². The van der Waals surface area contributed by atoms with E-state index in [4.69, 9.17) is 5.73 Å². The number of carbonyl (C=O) groups excluding carboxylic acids is 1. The van der Waals surface area contributed by atoms with Crippen LogP contribution in [-0.2, 0) is 5.41 Å². The van der Waals surface area contributed by atoms with Gasteiger partial charge in [0, 0.05) is 0 Å². The van der Waals surface area contributed by atoms with Crippen LogP contribution in [-0.4, -0.2) is 5.91 Å². The largest absolute Gasteiger partial charge is 0.365 e. The summed E-state index contributed by atoms with van der Waals surface area (Å²) in [6.45, 7) is 5.73. The van der Waals surface area contributed by atoms with Crippen LogP contribution >= 0.6 is 0 Å². The van der Waals surface area contributed by atoms with Crippen molar-refractivity contribution >= 4 is 5.91 Å². The minimum Gasteiger partial charge on any atom is -0.365 e. The van der Waals surface area contributed by atoms with E-state index >= 15 is 0 Å². The minimum absolute atomic E-state index is 0.000000000000000222. The van der Waals surface area contributed by atoms with Crippen molar-refractivity contribution in [3.8, 4) is 0 Å². The van der Waals surface area contributed by atoms with Gasteiger partial charge < -0.3 is 5.73 Å². The van der Waals surface area contributed by atoms with Gasteiger partial charge in [-0.15, -0.1) is 0 Å². The number of amides is 1. The van der Waals surface area contributed by atoms with E-state index in [0.717, 1.165) is 0 Å². The number of benzene rings is 1. The molecule has 0 fully saturated rings. The van der Waals surface area contributed by atoms with Crippen LogP contribution in [0.2, 0.25) is 0 Å².